The van der Waals surface area contributed by atoms with E-state index in [0.717, 1.165) is 44.0 Å². The minimum atomic E-state index is -0.214. The third-order valence-corrected chi connectivity index (χ3v) is 5.10. The Labute approximate surface area is 154 Å². The Hall–Kier alpha value is -2.40. The normalized spacial score (nSPS) is 16.8. The maximum Gasteiger partial charge on any atom is 0.243 e. The number of anilines is 2. The van der Waals surface area contributed by atoms with Crippen molar-refractivity contribution in [3.63, 3.8) is 0 Å². The van der Waals surface area contributed by atoms with E-state index in [2.05, 4.69) is 9.80 Å². The Morgan fingerprint density at radius 1 is 1.00 bits per heavy atom. The number of para-hydroxylation sites is 1. The number of amides is 1. The molecule has 0 N–H and O–H groups in total. The summed E-state index contributed by atoms with van der Waals surface area (Å²) in [5.74, 6) is -0.111. The van der Waals surface area contributed by atoms with Gasteiger partial charge >= 0.3 is 0 Å². The van der Waals surface area contributed by atoms with Gasteiger partial charge in [-0.3, -0.25) is 9.69 Å². The minimum Gasteiger partial charge on any atom is -0.370 e. The Morgan fingerprint density at radius 3 is 2.38 bits per heavy atom. The zero-order valence-electron chi connectivity index (χ0n) is 15.4. The van der Waals surface area contributed by atoms with E-state index in [1.54, 1.807) is 4.90 Å². The SMILES string of the molecule is CC(C(=O)N(C)c1ccccc1)N1CCCN(c2ccc(F)cc2)CC1. The lowest BCUT2D eigenvalue weighted by molar-refractivity contribution is -0.122. The van der Waals surface area contributed by atoms with E-state index in [-0.39, 0.29) is 17.8 Å². The first kappa shape index (κ1) is 18.4. The molecule has 1 atom stereocenters. The molecule has 138 valence electrons. The molecule has 1 amide bonds. The van der Waals surface area contributed by atoms with Crippen LogP contribution in [0, 0.1) is 5.82 Å². The summed E-state index contributed by atoms with van der Waals surface area (Å²) in [6, 6.07) is 16.2. The highest BCUT2D eigenvalue weighted by Gasteiger charge is 2.26. The molecule has 1 aliphatic heterocycles. The van der Waals surface area contributed by atoms with E-state index in [1.807, 2.05) is 56.4 Å². The molecule has 1 aliphatic rings. The highest BCUT2D eigenvalue weighted by molar-refractivity contribution is 5.96. The maximum atomic E-state index is 13.1. The second-order valence-corrected chi connectivity index (χ2v) is 6.76. The van der Waals surface area contributed by atoms with Crippen LogP contribution < -0.4 is 9.80 Å². The van der Waals surface area contributed by atoms with Gasteiger partial charge in [0.15, 0.2) is 0 Å². The Morgan fingerprint density at radius 2 is 1.69 bits per heavy atom. The van der Waals surface area contributed by atoms with Gasteiger partial charge in [-0.15, -0.1) is 0 Å². The van der Waals surface area contributed by atoms with Crippen molar-refractivity contribution >= 4 is 17.3 Å². The van der Waals surface area contributed by atoms with Crippen LogP contribution in [0.15, 0.2) is 54.6 Å². The second kappa shape index (κ2) is 8.32. The number of carbonyl (C=O) groups is 1. The Bertz CT molecular complexity index is 720. The quantitative estimate of drug-likeness (QED) is 0.841. The topological polar surface area (TPSA) is 26.8 Å². The first-order valence-corrected chi connectivity index (χ1v) is 9.13. The van der Waals surface area contributed by atoms with Crippen molar-refractivity contribution in [1.82, 2.24) is 4.90 Å². The number of hydrogen-bond donors (Lipinski definition) is 0. The number of carbonyl (C=O) groups excluding carboxylic acids is 1. The molecule has 2 aromatic rings. The fraction of sp³-hybridized carbons (Fsp3) is 0.381. The van der Waals surface area contributed by atoms with Crippen LogP contribution in [0.25, 0.3) is 0 Å². The van der Waals surface area contributed by atoms with Gasteiger partial charge in [-0.05, 0) is 49.7 Å². The molecule has 0 spiro atoms. The smallest absolute Gasteiger partial charge is 0.243 e. The highest BCUT2D eigenvalue weighted by atomic mass is 19.1. The van der Waals surface area contributed by atoms with Gasteiger partial charge in [-0.25, -0.2) is 4.39 Å². The Kier molecular flexibility index (Phi) is 5.89. The van der Waals surface area contributed by atoms with Crippen LogP contribution in [-0.4, -0.2) is 50.1 Å². The van der Waals surface area contributed by atoms with Crippen LogP contribution in [0.5, 0.6) is 0 Å². The van der Waals surface area contributed by atoms with Crippen LogP contribution >= 0.6 is 0 Å². The van der Waals surface area contributed by atoms with Crippen LogP contribution in [0.2, 0.25) is 0 Å². The van der Waals surface area contributed by atoms with Gasteiger partial charge in [0.05, 0.1) is 6.04 Å². The molecule has 1 fully saturated rings. The van der Waals surface area contributed by atoms with Crippen molar-refractivity contribution in [2.75, 3.05) is 43.0 Å². The number of rotatable bonds is 4. The molecular weight excluding hydrogens is 329 g/mol. The van der Waals surface area contributed by atoms with E-state index in [4.69, 9.17) is 0 Å². The zero-order valence-corrected chi connectivity index (χ0v) is 15.4. The summed E-state index contributed by atoms with van der Waals surface area (Å²) in [6.45, 7) is 5.42. The third-order valence-electron chi connectivity index (χ3n) is 5.10. The largest absolute Gasteiger partial charge is 0.370 e. The van der Waals surface area contributed by atoms with Crippen LogP contribution in [0.4, 0.5) is 15.8 Å². The van der Waals surface area contributed by atoms with E-state index in [1.165, 1.54) is 12.1 Å². The highest BCUT2D eigenvalue weighted by Crippen LogP contribution is 2.19. The Balaban J connectivity index is 1.62. The van der Waals surface area contributed by atoms with Crippen LogP contribution in [0.3, 0.4) is 0 Å². The number of halogens is 1. The molecule has 26 heavy (non-hydrogen) atoms. The van der Waals surface area contributed by atoms with Gasteiger partial charge in [0.1, 0.15) is 5.82 Å². The molecule has 1 unspecified atom stereocenters. The summed E-state index contributed by atoms with van der Waals surface area (Å²) in [4.78, 5) is 19.1. The van der Waals surface area contributed by atoms with Gasteiger partial charge < -0.3 is 9.80 Å². The van der Waals surface area contributed by atoms with E-state index in [0.29, 0.717) is 0 Å². The first-order valence-electron chi connectivity index (χ1n) is 9.13. The number of hydrogen-bond acceptors (Lipinski definition) is 3. The maximum absolute atomic E-state index is 13.1. The lowest BCUT2D eigenvalue weighted by Crippen LogP contribution is -2.47. The van der Waals surface area contributed by atoms with Crippen molar-refractivity contribution in [2.45, 2.75) is 19.4 Å². The molecule has 1 saturated heterocycles. The van der Waals surface area contributed by atoms with Gasteiger partial charge in [-0.2, -0.15) is 0 Å². The molecule has 0 bridgehead atoms. The van der Waals surface area contributed by atoms with Crippen molar-refractivity contribution in [3.8, 4) is 0 Å². The van der Waals surface area contributed by atoms with Crippen molar-refractivity contribution < 1.29 is 9.18 Å². The molecule has 5 heteroatoms. The van der Waals surface area contributed by atoms with Crippen molar-refractivity contribution in [3.05, 3.63) is 60.4 Å². The summed E-state index contributed by atoms with van der Waals surface area (Å²) in [5, 5.41) is 0. The van der Waals surface area contributed by atoms with Gasteiger partial charge in [0, 0.05) is 44.6 Å². The van der Waals surface area contributed by atoms with Gasteiger partial charge in [0.2, 0.25) is 5.91 Å². The summed E-state index contributed by atoms with van der Waals surface area (Å²) in [7, 11) is 1.83. The average Bonchev–Trinajstić information content (AvgIpc) is 2.94. The molecule has 1 heterocycles. The molecule has 0 radical (unpaired) electrons. The molecule has 0 saturated carbocycles. The molecular formula is C21H26FN3O. The third kappa shape index (κ3) is 4.22. The van der Waals surface area contributed by atoms with E-state index >= 15 is 0 Å². The van der Waals surface area contributed by atoms with E-state index in [9.17, 15) is 9.18 Å². The zero-order chi connectivity index (χ0) is 18.5. The average molecular weight is 355 g/mol. The van der Waals surface area contributed by atoms with Crippen molar-refractivity contribution in [2.24, 2.45) is 0 Å². The minimum absolute atomic E-state index is 0.103. The summed E-state index contributed by atoms with van der Waals surface area (Å²) in [5.41, 5.74) is 1.95. The van der Waals surface area contributed by atoms with Crippen molar-refractivity contribution in [1.29, 1.82) is 0 Å². The molecule has 3 rings (SSSR count). The standard InChI is InChI=1S/C21H26FN3O/c1-17(21(26)23(2)19-7-4-3-5-8-19)24-13-6-14-25(16-15-24)20-11-9-18(22)10-12-20/h3-5,7-12,17H,6,13-16H2,1-2H3. The first-order chi connectivity index (χ1) is 12.6. The fourth-order valence-electron chi connectivity index (χ4n) is 3.45. The predicted molar refractivity (Wildman–Crippen MR) is 104 cm³/mol. The molecule has 0 aliphatic carbocycles. The summed E-state index contributed by atoms with van der Waals surface area (Å²) >= 11 is 0. The van der Waals surface area contributed by atoms with Gasteiger partial charge in [0.25, 0.3) is 0 Å². The summed E-state index contributed by atoms with van der Waals surface area (Å²) < 4.78 is 13.1. The fourth-order valence-corrected chi connectivity index (χ4v) is 3.45. The number of likely N-dealkylation sites (N-methyl/N-ethyl adjacent to an activating group) is 1. The lowest BCUT2D eigenvalue weighted by atomic mass is 10.2. The van der Waals surface area contributed by atoms with Crippen LogP contribution in [0.1, 0.15) is 13.3 Å². The molecule has 4 nitrogen and oxygen atoms in total. The molecule has 2 aromatic carbocycles. The monoisotopic (exact) mass is 355 g/mol. The van der Waals surface area contributed by atoms with Crippen LogP contribution in [-0.2, 0) is 4.79 Å². The number of benzene rings is 2. The lowest BCUT2D eigenvalue weighted by Gasteiger charge is -2.30. The molecule has 0 aromatic heterocycles. The summed E-state index contributed by atoms with van der Waals surface area (Å²) in [6.07, 6.45) is 0.976. The predicted octanol–water partition coefficient (Wildman–Crippen LogP) is 3.39. The second-order valence-electron chi connectivity index (χ2n) is 6.76. The number of nitrogens with zero attached hydrogens (tertiary/aromatic N) is 3. The van der Waals surface area contributed by atoms with E-state index < -0.39 is 0 Å². The van der Waals surface area contributed by atoms with Gasteiger partial charge in [-0.1, -0.05) is 18.2 Å².